The molecule has 2 atom stereocenters. The zero-order chi connectivity index (χ0) is 16.1. The second-order valence-electron chi connectivity index (χ2n) is 5.50. The van der Waals surface area contributed by atoms with Gasteiger partial charge in [-0.1, -0.05) is 12.8 Å². The van der Waals surface area contributed by atoms with Crippen LogP contribution in [0.25, 0.3) is 0 Å². The SMILES string of the molecule is O=C(NC[C@@H]1CCCC[C@H]1C(=O)O)c1ccc([N+](=O)[O-])cc1. The predicted octanol–water partition coefficient (Wildman–Crippen LogP) is 2.22. The number of carboxylic acid groups (broad SMARTS) is 1. The van der Waals surface area contributed by atoms with Crippen molar-refractivity contribution in [2.75, 3.05) is 6.54 Å². The largest absolute Gasteiger partial charge is 0.481 e. The van der Waals surface area contributed by atoms with E-state index in [-0.39, 0.29) is 17.5 Å². The first kappa shape index (κ1) is 15.9. The molecule has 7 nitrogen and oxygen atoms in total. The lowest BCUT2D eigenvalue weighted by molar-refractivity contribution is -0.384. The third-order valence-corrected chi connectivity index (χ3v) is 4.09. The van der Waals surface area contributed by atoms with Crippen LogP contribution in [-0.4, -0.2) is 28.5 Å². The summed E-state index contributed by atoms with van der Waals surface area (Å²) in [6.45, 7) is 0.312. The number of hydrogen-bond acceptors (Lipinski definition) is 4. The summed E-state index contributed by atoms with van der Waals surface area (Å²) in [7, 11) is 0. The summed E-state index contributed by atoms with van der Waals surface area (Å²) in [5.41, 5.74) is 0.253. The van der Waals surface area contributed by atoms with Crippen LogP contribution in [0.15, 0.2) is 24.3 Å². The molecular formula is C15H18N2O5. The van der Waals surface area contributed by atoms with Crippen LogP contribution in [0.2, 0.25) is 0 Å². The van der Waals surface area contributed by atoms with Crippen LogP contribution >= 0.6 is 0 Å². The smallest absolute Gasteiger partial charge is 0.306 e. The Morgan fingerprint density at radius 2 is 1.86 bits per heavy atom. The minimum atomic E-state index is -0.811. The number of nitrogens with one attached hydrogen (secondary N) is 1. The number of nitro benzene ring substituents is 1. The van der Waals surface area contributed by atoms with Gasteiger partial charge in [-0.15, -0.1) is 0 Å². The Morgan fingerprint density at radius 3 is 2.45 bits per heavy atom. The highest BCUT2D eigenvalue weighted by molar-refractivity contribution is 5.94. The first-order valence-electron chi connectivity index (χ1n) is 7.24. The van der Waals surface area contributed by atoms with Gasteiger partial charge in [0.25, 0.3) is 11.6 Å². The number of hydrogen-bond donors (Lipinski definition) is 2. The molecule has 1 amide bonds. The van der Waals surface area contributed by atoms with Crippen LogP contribution in [0, 0.1) is 22.0 Å². The van der Waals surface area contributed by atoms with Crippen molar-refractivity contribution in [3.05, 3.63) is 39.9 Å². The lowest BCUT2D eigenvalue weighted by Gasteiger charge is -2.28. The lowest BCUT2D eigenvalue weighted by Crippen LogP contribution is -2.37. The van der Waals surface area contributed by atoms with Gasteiger partial charge in [-0.25, -0.2) is 0 Å². The van der Waals surface area contributed by atoms with Gasteiger partial charge in [0.15, 0.2) is 0 Å². The van der Waals surface area contributed by atoms with Crippen molar-refractivity contribution in [2.24, 2.45) is 11.8 Å². The van der Waals surface area contributed by atoms with E-state index in [1.165, 1.54) is 24.3 Å². The summed E-state index contributed by atoms with van der Waals surface area (Å²) in [4.78, 5) is 33.3. The molecule has 0 radical (unpaired) electrons. The Balaban J connectivity index is 1.94. The van der Waals surface area contributed by atoms with Gasteiger partial charge in [-0.05, 0) is 30.9 Å². The van der Waals surface area contributed by atoms with Crippen molar-refractivity contribution >= 4 is 17.6 Å². The maximum atomic E-state index is 12.0. The fourth-order valence-corrected chi connectivity index (χ4v) is 2.84. The molecule has 7 heteroatoms. The number of non-ortho nitro benzene ring substituents is 1. The molecule has 1 aliphatic rings. The van der Waals surface area contributed by atoms with Crippen molar-refractivity contribution in [3.8, 4) is 0 Å². The van der Waals surface area contributed by atoms with Crippen LogP contribution < -0.4 is 5.32 Å². The number of carbonyl (C=O) groups excluding carboxylic acids is 1. The Kier molecular flexibility index (Phi) is 5.08. The first-order chi connectivity index (χ1) is 10.5. The molecule has 1 aliphatic carbocycles. The molecule has 0 unspecified atom stereocenters. The van der Waals surface area contributed by atoms with Gasteiger partial charge in [0.2, 0.25) is 0 Å². The van der Waals surface area contributed by atoms with Crippen molar-refractivity contribution < 1.29 is 19.6 Å². The van der Waals surface area contributed by atoms with Gasteiger partial charge >= 0.3 is 5.97 Å². The monoisotopic (exact) mass is 306 g/mol. The lowest BCUT2D eigenvalue weighted by atomic mass is 9.79. The minimum absolute atomic E-state index is 0.0618. The van der Waals surface area contributed by atoms with E-state index in [1.54, 1.807) is 0 Å². The molecule has 1 aromatic carbocycles. The van der Waals surface area contributed by atoms with Crippen molar-refractivity contribution in [1.82, 2.24) is 5.32 Å². The topological polar surface area (TPSA) is 110 Å². The van der Waals surface area contributed by atoms with Gasteiger partial charge < -0.3 is 10.4 Å². The van der Waals surface area contributed by atoms with Crippen LogP contribution in [0.1, 0.15) is 36.0 Å². The van der Waals surface area contributed by atoms with Crippen LogP contribution in [0.4, 0.5) is 5.69 Å². The van der Waals surface area contributed by atoms with Crippen molar-refractivity contribution in [2.45, 2.75) is 25.7 Å². The molecule has 0 aromatic heterocycles. The molecule has 2 N–H and O–H groups in total. The summed E-state index contributed by atoms with van der Waals surface area (Å²) in [5, 5.41) is 22.5. The van der Waals surface area contributed by atoms with Crippen molar-refractivity contribution in [1.29, 1.82) is 0 Å². The number of carboxylic acids is 1. The third-order valence-electron chi connectivity index (χ3n) is 4.09. The van der Waals surface area contributed by atoms with Gasteiger partial charge in [0.05, 0.1) is 10.8 Å². The molecule has 118 valence electrons. The summed E-state index contributed by atoms with van der Waals surface area (Å²) in [5.74, 6) is -1.63. The maximum Gasteiger partial charge on any atom is 0.306 e. The highest BCUT2D eigenvalue weighted by atomic mass is 16.6. The quantitative estimate of drug-likeness (QED) is 0.640. The Hall–Kier alpha value is -2.44. The summed E-state index contributed by atoms with van der Waals surface area (Å²) >= 11 is 0. The Morgan fingerprint density at radius 1 is 1.23 bits per heavy atom. The maximum absolute atomic E-state index is 12.0. The Bertz CT molecular complexity index is 570. The highest BCUT2D eigenvalue weighted by Crippen LogP contribution is 2.29. The summed E-state index contributed by atoms with van der Waals surface area (Å²) < 4.78 is 0. The van der Waals surface area contributed by atoms with Crippen molar-refractivity contribution in [3.63, 3.8) is 0 Å². The fraction of sp³-hybridized carbons (Fsp3) is 0.467. The minimum Gasteiger partial charge on any atom is -0.481 e. The van der Waals surface area contributed by atoms with E-state index in [9.17, 15) is 24.8 Å². The Labute approximate surface area is 127 Å². The molecular weight excluding hydrogens is 288 g/mol. The van der Waals surface area contributed by atoms with E-state index in [2.05, 4.69) is 5.32 Å². The van der Waals surface area contributed by atoms with E-state index in [0.717, 1.165) is 19.3 Å². The number of nitrogens with zero attached hydrogens (tertiary/aromatic N) is 1. The second kappa shape index (κ2) is 7.02. The number of amides is 1. The van der Waals surface area contributed by atoms with E-state index >= 15 is 0 Å². The van der Waals surface area contributed by atoms with E-state index < -0.39 is 16.8 Å². The average Bonchev–Trinajstić information content (AvgIpc) is 2.52. The molecule has 0 bridgehead atoms. The molecule has 0 spiro atoms. The molecule has 22 heavy (non-hydrogen) atoms. The van der Waals surface area contributed by atoms with E-state index in [1.807, 2.05) is 0 Å². The molecule has 0 aliphatic heterocycles. The fourth-order valence-electron chi connectivity index (χ4n) is 2.84. The molecule has 0 heterocycles. The van der Waals surface area contributed by atoms with Gasteiger partial charge in [-0.2, -0.15) is 0 Å². The number of benzene rings is 1. The highest BCUT2D eigenvalue weighted by Gasteiger charge is 2.30. The first-order valence-corrected chi connectivity index (χ1v) is 7.24. The predicted molar refractivity (Wildman–Crippen MR) is 78.5 cm³/mol. The van der Waals surface area contributed by atoms with Crippen LogP contribution in [-0.2, 0) is 4.79 Å². The number of nitro groups is 1. The number of aliphatic carboxylic acids is 1. The van der Waals surface area contributed by atoms with Crippen LogP contribution in [0.3, 0.4) is 0 Å². The van der Waals surface area contributed by atoms with E-state index in [4.69, 9.17) is 0 Å². The zero-order valence-corrected chi connectivity index (χ0v) is 12.0. The average molecular weight is 306 g/mol. The molecule has 1 fully saturated rings. The second-order valence-corrected chi connectivity index (χ2v) is 5.50. The van der Waals surface area contributed by atoms with Gasteiger partial charge in [0, 0.05) is 24.2 Å². The van der Waals surface area contributed by atoms with E-state index in [0.29, 0.717) is 18.5 Å². The molecule has 2 rings (SSSR count). The van der Waals surface area contributed by atoms with Gasteiger partial charge in [-0.3, -0.25) is 19.7 Å². The third kappa shape index (κ3) is 3.81. The molecule has 0 saturated heterocycles. The normalized spacial score (nSPS) is 21.1. The number of rotatable bonds is 5. The summed E-state index contributed by atoms with van der Waals surface area (Å²) in [6.07, 6.45) is 3.32. The zero-order valence-electron chi connectivity index (χ0n) is 12.0. The number of carbonyl (C=O) groups is 2. The van der Waals surface area contributed by atoms with Gasteiger partial charge in [0.1, 0.15) is 0 Å². The molecule has 1 saturated carbocycles. The molecule has 1 aromatic rings. The summed E-state index contributed by atoms with van der Waals surface area (Å²) in [6, 6.07) is 5.33. The van der Waals surface area contributed by atoms with Crippen LogP contribution in [0.5, 0.6) is 0 Å². The standard InChI is InChI=1S/C15H18N2O5/c18-14(10-5-7-12(8-6-10)17(21)22)16-9-11-3-1-2-4-13(11)15(19)20/h5-8,11,13H,1-4,9H2,(H,16,18)(H,19,20)/t11-,13+/m0/s1.